The highest BCUT2D eigenvalue weighted by Crippen LogP contribution is 2.46. The molecule has 3 nitrogen and oxygen atoms in total. The molecule has 3 N–H and O–H groups in total. The van der Waals surface area contributed by atoms with E-state index >= 15 is 0 Å². The van der Waals surface area contributed by atoms with Gasteiger partial charge < -0.3 is 11.1 Å². The topological polar surface area (TPSA) is 50.9 Å². The largest absolute Gasteiger partial charge is 0.397 e. The summed E-state index contributed by atoms with van der Waals surface area (Å²) in [5.74, 6) is 1.81. The second-order valence-corrected chi connectivity index (χ2v) is 6.05. The van der Waals surface area contributed by atoms with Gasteiger partial charge in [0.15, 0.2) is 0 Å². The predicted octanol–water partition coefficient (Wildman–Crippen LogP) is 3.42. The van der Waals surface area contributed by atoms with Crippen molar-refractivity contribution in [3.05, 3.63) is 30.6 Å². The van der Waals surface area contributed by atoms with Gasteiger partial charge in [-0.15, -0.1) is 0 Å². The first-order valence-corrected chi connectivity index (χ1v) is 7.20. The van der Waals surface area contributed by atoms with Gasteiger partial charge in [-0.05, 0) is 43.2 Å². The van der Waals surface area contributed by atoms with Crippen molar-refractivity contribution < 1.29 is 0 Å². The fraction of sp³-hybridized carbons (Fsp3) is 0.438. The van der Waals surface area contributed by atoms with E-state index < -0.39 is 0 Å². The molecule has 2 bridgehead atoms. The van der Waals surface area contributed by atoms with Crippen LogP contribution in [0.1, 0.15) is 25.7 Å². The molecule has 4 rings (SSSR count). The van der Waals surface area contributed by atoms with Crippen LogP contribution >= 0.6 is 0 Å². The molecule has 0 spiro atoms. The number of nitrogens with one attached hydrogen (secondary N) is 1. The van der Waals surface area contributed by atoms with E-state index in [1.165, 1.54) is 25.7 Å². The molecule has 2 aromatic rings. The van der Waals surface area contributed by atoms with E-state index in [-0.39, 0.29) is 0 Å². The van der Waals surface area contributed by atoms with Crippen molar-refractivity contribution in [1.29, 1.82) is 0 Å². The minimum atomic E-state index is 0.625. The summed E-state index contributed by atoms with van der Waals surface area (Å²) < 4.78 is 0. The van der Waals surface area contributed by atoms with Crippen LogP contribution in [0, 0.1) is 11.8 Å². The van der Waals surface area contributed by atoms with E-state index in [0.29, 0.717) is 6.04 Å². The van der Waals surface area contributed by atoms with Crippen LogP contribution in [0.15, 0.2) is 30.6 Å². The first kappa shape index (κ1) is 11.1. The molecule has 2 aliphatic rings. The third-order valence-corrected chi connectivity index (χ3v) is 4.94. The van der Waals surface area contributed by atoms with Crippen molar-refractivity contribution in [3.63, 3.8) is 0 Å². The van der Waals surface area contributed by atoms with E-state index in [0.717, 1.165) is 34.0 Å². The SMILES string of the molecule is Nc1c(NC2CC3CCC2C3)ccc2cnccc12. The molecule has 0 saturated heterocycles. The average molecular weight is 253 g/mol. The van der Waals surface area contributed by atoms with Gasteiger partial charge in [0.2, 0.25) is 0 Å². The zero-order valence-electron chi connectivity index (χ0n) is 11.0. The number of nitrogens with two attached hydrogens (primary N) is 1. The van der Waals surface area contributed by atoms with Crippen LogP contribution in [0.2, 0.25) is 0 Å². The summed E-state index contributed by atoms with van der Waals surface area (Å²) in [5.41, 5.74) is 8.26. The van der Waals surface area contributed by atoms with Crippen LogP contribution in [0.3, 0.4) is 0 Å². The molecule has 0 amide bonds. The highest BCUT2D eigenvalue weighted by Gasteiger charge is 2.39. The zero-order valence-corrected chi connectivity index (χ0v) is 11.0. The maximum Gasteiger partial charge on any atom is 0.0630 e. The Morgan fingerprint density at radius 3 is 2.89 bits per heavy atom. The van der Waals surface area contributed by atoms with Gasteiger partial charge in [0.25, 0.3) is 0 Å². The monoisotopic (exact) mass is 253 g/mol. The molecule has 2 aliphatic carbocycles. The summed E-state index contributed by atoms with van der Waals surface area (Å²) in [7, 11) is 0. The van der Waals surface area contributed by atoms with Gasteiger partial charge >= 0.3 is 0 Å². The second kappa shape index (κ2) is 4.12. The van der Waals surface area contributed by atoms with Gasteiger partial charge in [-0.2, -0.15) is 0 Å². The third-order valence-electron chi connectivity index (χ3n) is 4.94. The Morgan fingerprint density at radius 1 is 1.16 bits per heavy atom. The van der Waals surface area contributed by atoms with Gasteiger partial charge in [-0.25, -0.2) is 0 Å². The van der Waals surface area contributed by atoms with E-state index in [1.54, 1.807) is 6.20 Å². The molecular formula is C16H19N3. The van der Waals surface area contributed by atoms with Gasteiger partial charge in [-0.3, -0.25) is 4.98 Å². The van der Waals surface area contributed by atoms with Crippen LogP contribution in [0.4, 0.5) is 11.4 Å². The lowest BCUT2D eigenvalue weighted by Gasteiger charge is -2.25. The molecule has 19 heavy (non-hydrogen) atoms. The Bertz CT molecular complexity index is 622. The maximum atomic E-state index is 6.30. The first-order valence-electron chi connectivity index (χ1n) is 7.20. The molecular weight excluding hydrogens is 234 g/mol. The van der Waals surface area contributed by atoms with Crippen LogP contribution < -0.4 is 11.1 Å². The lowest BCUT2D eigenvalue weighted by atomic mass is 9.95. The molecule has 2 saturated carbocycles. The molecule has 3 heteroatoms. The highest BCUT2D eigenvalue weighted by molar-refractivity contribution is 5.98. The molecule has 98 valence electrons. The van der Waals surface area contributed by atoms with Gasteiger partial charge in [0.05, 0.1) is 11.4 Å². The number of nitrogens with zero attached hydrogens (tertiary/aromatic N) is 1. The highest BCUT2D eigenvalue weighted by atomic mass is 15.0. The molecule has 0 aliphatic heterocycles. The molecule has 3 atom stereocenters. The Labute approximate surface area is 113 Å². The molecule has 0 radical (unpaired) electrons. The number of anilines is 2. The molecule has 2 fully saturated rings. The number of nitrogen functional groups attached to an aromatic ring is 1. The maximum absolute atomic E-state index is 6.30. The third kappa shape index (κ3) is 1.76. The fourth-order valence-corrected chi connectivity index (χ4v) is 3.94. The van der Waals surface area contributed by atoms with Crippen LogP contribution in [0.5, 0.6) is 0 Å². The minimum absolute atomic E-state index is 0.625. The van der Waals surface area contributed by atoms with Crippen LogP contribution in [-0.2, 0) is 0 Å². The normalized spacial score (nSPS) is 28.9. The average Bonchev–Trinajstić information content (AvgIpc) is 3.05. The van der Waals surface area contributed by atoms with Crippen molar-refractivity contribution in [2.24, 2.45) is 11.8 Å². The molecule has 1 aromatic carbocycles. The summed E-state index contributed by atoms with van der Waals surface area (Å²) in [6.45, 7) is 0. The quantitative estimate of drug-likeness (QED) is 0.806. The zero-order chi connectivity index (χ0) is 12.8. The summed E-state index contributed by atoms with van der Waals surface area (Å²) in [5, 5.41) is 5.90. The minimum Gasteiger partial charge on any atom is -0.397 e. The van der Waals surface area contributed by atoms with Crippen molar-refractivity contribution >= 4 is 22.1 Å². The lowest BCUT2D eigenvalue weighted by Crippen LogP contribution is -2.26. The van der Waals surface area contributed by atoms with Gasteiger partial charge in [-0.1, -0.05) is 12.5 Å². The smallest absolute Gasteiger partial charge is 0.0630 e. The predicted molar refractivity (Wildman–Crippen MR) is 79.0 cm³/mol. The summed E-state index contributed by atoms with van der Waals surface area (Å²) in [4.78, 5) is 4.14. The lowest BCUT2D eigenvalue weighted by molar-refractivity contribution is 0.440. The summed E-state index contributed by atoms with van der Waals surface area (Å²) >= 11 is 0. The molecule has 1 heterocycles. The van der Waals surface area contributed by atoms with Crippen LogP contribution in [0.25, 0.3) is 10.8 Å². The Morgan fingerprint density at radius 2 is 2.11 bits per heavy atom. The van der Waals surface area contributed by atoms with E-state index in [2.05, 4.69) is 22.4 Å². The van der Waals surface area contributed by atoms with Gasteiger partial charge in [0, 0.05) is 29.2 Å². The van der Waals surface area contributed by atoms with Crippen molar-refractivity contribution in [2.75, 3.05) is 11.1 Å². The number of hydrogen-bond acceptors (Lipinski definition) is 3. The molecule has 3 unspecified atom stereocenters. The molecule has 1 aromatic heterocycles. The van der Waals surface area contributed by atoms with Crippen molar-refractivity contribution in [2.45, 2.75) is 31.7 Å². The van der Waals surface area contributed by atoms with E-state index in [9.17, 15) is 0 Å². The van der Waals surface area contributed by atoms with Crippen molar-refractivity contribution in [3.8, 4) is 0 Å². The Balaban J connectivity index is 1.66. The number of aromatic nitrogens is 1. The van der Waals surface area contributed by atoms with Gasteiger partial charge in [0.1, 0.15) is 0 Å². The Kier molecular flexibility index (Phi) is 2.40. The number of rotatable bonds is 2. The number of pyridine rings is 1. The second-order valence-electron chi connectivity index (χ2n) is 6.05. The summed E-state index contributed by atoms with van der Waals surface area (Å²) in [6, 6.07) is 6.83. The van der Waals surface area contributed by atoms with E-state index in [1.807, 2.05) is 12.3 Å². The summed E-state index contributed by atoms with van der Waals surface area (Å²) in [6.07, 6.45) is 9.22. The number of hydrogen-bond donors (Lipinski definition) is 2. The van der Waals surface area contributed by atoms with Crippen LogP contribution in [-0.4, -0.2) is 11.0 Å². The standard InChI is InChI=1S/C16H19N3/c17-16-13-5-6-18-9-12(13)3-4-14(16)19-15-8-10-1-2-11(15)7-10/h3-6,9-11,15,19H,1-2,7-8,17H2. The Hall–Kier alpha value is -1.77. The fourth-order valence-electron chi connectivity index (χ4n) is 3.94. The first-order chi connectivity index (χ1) is 9.31. The van der Waals surface area contributed by atoms with Crippen molar-refractivity contribution in [1.82, 2.24) is 4.98 Å². The van der Waals surface area contributed by atoms with E-state index in [4.69, 9.17) is 5.73 Å². The number of benzene rings is 1. The number of fused-ring (bicyclic) bond motifs is 3.